The van der Waals surface area contributed by atoms with Crippen molar-refractivity contribution < 1.29 is 0 Å². The van der Waals surface area contributed by atoms with Gasteiger partial charge in [0.05, 0.1) is 0 Å². The highest BCUT2D eigenvalue weighted by molar-refractivity contribution is 7.99. The van der Waals surface area contributed by atoms with E-state index in [0.717, 1.165) is 12.3 Å². The number of nitrogens with one attached hydrogen (secondary N) is 1. The Labute approximate surface area is 103 Å². The van der Waals surface area contributed by atoms with Gasteiger partial charge in [-0.05, 0) is 46.2 Å². The third-order valence-electron chi connectivity index (χ3n) is 2.53. The zero-order valence-corrected chi connectivity index (χ0v) is 11.3. The van der Waals surface area contributed by atoms with Crippen molar-refractivity contribution in [2.24, 2.45) is 0 Å². The molecule has 16 heavy (non-hydrogen) atoms. The molecule has 1 N–H and O–H groups in total. The summed E-state index contributed by atoms with van der Waals surface area (Å²) in [6.07, 6.45) is 1.20. The number of hydrogen-bond acceptors (Lipinski definition) is 3. The molecule has 0 aliphatic carbocycles. The third-order valence-corrected chi connectivity index (χ3v) is 3.70. The summed E-state index contributed by atoms with van der Waals surface area (Å²) in [5.41, 5.74) is 0. The lowest BCUT2D eigenvalue weighted by atomic mass is 10.2. The number of benzene rings is 1. The van der Waals surface area contributed by atoms with Crippen LogP contribution in [-0.2, 0) is 0 Å². The molecule has 1 rings (SSSR count). The molecule has 0 fully saturated rings. The summed E-state index contributed by atoms with van der Waals surface area (Å²) in [5.74, 6) is 1.13. The highest BCUT2D eigenvalue weighted by Crippen LogP contribution is 2.18. The normalized spacial score (nSPS) is 13.0. The molecule has 0 aliphatic heterocycles. The molecule has 0 bridgehead atoms. The van der Waals surface area contributed by atoms with Gasteiger partial charge in [-0.2, -0.15) is 0 Å². The van der Waals surface area contributed by atoms with Crippen molar-refractivity contribution in [1.82, 2.24) is 10.2 Å². The Bertz CT molecular complexity index is 275. The largest absolute Gasteiger partial charge is 0.316 e. The van der Waals surface area contributed by atoms with E-state index in [1.807, 2.05) is 18.8 Å². The van der Waals surface area contributed by atoms with Crippen LogP contribution in [0.15, 0.2) is 35.2 Å². The molecule has 1 aromatic carbocycles. The zero-order chi connectivity index (χ0) is 11.8. The van der Waals surface area contributed by atoms with E-state index in [1.54, 1.807) is 0 Å². The van der Waals surface area contributed by atoms with Crippen molar-refractivity contribution in [3.63, 3.8) is 0 Å². The minimum absolute atomic E-state index is 0.590. The average molecular weight is 238 g/mol. The Hall–Kier alpha value is -0.510. The van der Waals surface area contributed by atoms with E-state index in [4.69, 9.17) is 0 Å². The van der Waals surface area contributed by atoms with Crippen LogP contribution >= 0.6 is 11.8 Å². The monoisotopic (exact) mass is 238 g/mol. The van der Waals surface area contributed by atoms with Gasteiger partial charge in [-0.15, -0.1) is 11.8 Å². The van der Waals surface area contributed by atoms with Crippen LogP contribution in [0, 0.1) is 0 Å². The first kappa shape index (κ1) is 13.6. The highest BCUT2D eigenvalue weighted by Gasteiger charge is 2.06. The fourth-order valence-corrected chi connectivity index (χ4v) is 2.52. The molecule has 0 heterocycles. The van der Waals surface area contributed by atoms with Gasteiger partial charge in [0.1, 0.15) is 0 Å². The van der Waals surface area contributed by atoms with Crippen LogP contribution in [0.1, 0.15) is 6.42 Å². The molecule has 1 atom stereocenters. The molecule has 0 saturated carbocycles. The quantitative estimate of drug-likeness (QED) is 0.734. The SMILES string of the molecule is CN[C@H](CCN(C)C)CSc1ccccc1. The summed E-state index contributed by atoms with van der Waals surface area (Å²) < 4.78 is 0. The van der Waals surface area contributed by atoms with Gasteiger partial charge < -0.3 is 10.2 Å². The standard InChI is InChI=1S/C13H22N2S/c1-14-12(9-10-15(2)3)11-16-13-7-5-4-6-8-13/h4-8,12,14H,9-11H2,1-3H3/t12-/m1/s1. The van der Waals surface area contributed by atoms with Gasteiger partial charge in [-0.3, -0.25) is 0 Å². The van der Waals surface area contributed by atoms with Gasteiger partial charge in [0.25, 0.3) is 0 Å². The lowest BCUT2D eigenvalue weighted by molar-refractivity contribution is 0.375. The van der Waals surface area contributed by atoms with Gasteiger partial charge >= 0.3 is 0 Å². The van der Waals surface area contributed by atoms with Crippen LogP contribution in [0.3, 0.4) is 0 Å². The second-order valence-electron chi connectivity index (χ2n) is 4.20. The Morgan fingerprint density at radius 1 is 1.25 bits per heavy atom. The molecule has 0 aromatic heterocycles. The molecular weight excluding hydrogens is 216 g/mol. The first-order chi connectivity index (χ1) is 7.72. The van der Waals surface area contributed by atoms with E-state index < -0.39 is 0 Å². The van der Waals surface area contributed by atoms with Crippen LogP contribution in [0.4, 0.5) is 0 Å². The first-order valence-electron chi connectivity index (χ1n) is 5.72. The lowest BCUT2D eigenvalue weighted by Gasteiger charge is -2.18. The fourth-order valence-electron chi connectivity index (χ4n) is 1.44. The average Bonchev–Trinajstić information content (AvgIpc) is 2.30. The topological polar surface area (TPSA) is 15.3 Å². The molecule has 1 aromatic rings. The van der Waals surface area contributed by atoms with Crippen molar-refractivity contribution in [2.75, 3.05) is 33.4 Å². The van der Waals surface area contributed by atoms with Gasteiger partial charge in [-0.1, -0.05) is 18.2 Å². The van der Waals surface area contributed by atoms with Gasteiger partial charge in [0.15, 0.2) is 0 Å². The van der Waals surface area contributed by atoms with Crippen molar-refractivity contribution in [3.8, 4) is 0 Å². The number of rotatable bonds is 7. The van der Waals surface area contributed by atoms with E-state index in [1.165, 1.54) is 11.3 Å². The Morgan fingerprint density at radius 2 is 1.94 bits per heavy atom. The maximum atomic E-state index is 3.38. The Kier molecular flexibility index (Phi) is 6.53. The molecule has 0 unspecified atom stereocenters. The first-order valence-corrected chi connectivity index (χ1v) is 6.70. The molecule has 0 spiro atoms. The van der Waals surface area contributed by atoms with E-state index in [9.17, 15) is 0 Å². The highest BCUT2D eigenvalue weighted by atomic mass is 32.2. The minimum atomic E-state index is 0.590. The van der Waals surface area contributed by atoms with Gasteiger partial charge in [-0.25, -0.2) is 0 Å². The zero-order valence-electron chi connectivity index (χ0n) is 10.4. The van der Waals surface area contributed by atoms with Gasteiger partial charge in [0.2, 0.25) is 0 Å². The van der Waals surface area contributed by atoms with Crippen molar-refractivity contribution in [1.29, 1.82) is 0 Å². The molecular formula is C13H22N2S. The van der Waals surface area contributed by atoms with Gasteiger partial charge in [0, 0.05) is 16.7 Å². The van der Waals surface area contributed by atoms with Crippen molar-refractivity contribution in [3.05, 3.63) is 30.3 Å². The van der Waals surface area contributed by atoms with E-state index >= 15 is 0 Å². The predicted octanol–water partition coefficient (Wildman–Crippen LogP) is 2.32. The minimum Gasteiger partial charge on any atom is -0.316 e. The molecule has 90 valence electrons. The maximum absolute atomic E-state index is 3.38. The summed E-state index contributed by atoms with van der Waals surface area (Å²) in [4.78, 5) is 3.59. The smallest absolute Gasteiger partial charge is 0.0170 e. The van der Waals surface area contributed by atoms with Crippen LogP contribution < -0.4 is 5.32 Å². The second-order valence-corrected chi connectivity index (χ2v) is 5.30. The second kappa shape index (κ2) is 7.71. The molecule has 0 radical (unpaired) electrons. The summed E-state index contributed by atoms with van der Waals surface area (Å²) in [6, 6.07) is 11.2. The summed E-state index contributed by atoms with van der Waals surface area (Å²) in [5, 5.41) is 3.38. The maximum Gasteiger partial charge on any atom is 0.0170 e. The van der Waals surface area contributed by atoms with Crippen LogP contribution in [0.2, 0.25) is 0 Å². The van der Waals surface area contributed by atoms with Crippen LogP contribution in [-0.4, -0.2) is 44.4 Å². The van der Waals surface area contributed by atoms with Crippen molar-refractivity contribution in [2.45, 2.75) is 17.4 Å². The summed E-state index contributed by atoms with van der Waals surface area (Å²) >= 11 is 1.92. The van der Waals surface area contributed by atoms with E-state index in [-0.39, 0.29) is 0 Å². The summed E-state index contributed by atoms with van der Waals surface area (Å²) in [6.45, 7) is 1.14. The lowest BCUT2D eigenvalue weighted by Crippen LogP contribution is -2.31. The Morgan fingerprint density at radius 3 is 2.50 bits per heavy atom. The number of nitrogens with zero attached hydrogens (tertiary/aromatic N) is 1. The summed E-state index contributed by atoms with van der Waals surface area (Å²) in [7, 11) is 6.29. The van der Waals surface area contributed by atoms with E-state index in [0.29, 0.717) is 6.04 Å². The molecule has 3 heteroatoms. The van der Waals surface area contributed by atoms with Crippen molar-refractivity contribution >= 4 is 11.8 Å². The fraction of sp³-hybridized carbons (Fsp3) is 0.538. The molecule has 0 amide bonds. The van der Waals surface area contributed by atoms with Crippen LogP contribution in [0.5, 0.6) is 0 Å². The third kappa shape index (κ3) is 5.54. The number of thioether (sulfide) groups is 1. The van der Waals surface area contributed by atoms with E-state index in [2.05, 4.69) is 54.6 Å². The predicted molar refractivity (Wildman–Crippen MR) is 73.2 cm³/mol. The number of hydrogen-bond donors (Lipinski definition) is 1. The molecule has 0 aliphatic rings. The molecule has 2 nitrogen and oxygen atoms in total. The molecule has 0 saturated heterocycles. The Balaban J connectivity index is 2.28. The van der Waals surface area contributed by atoms with Crippen LogP contribution in [0.25, 0.3) is 0 Å².